The molecule has 0 amide bonds. The summed E-state index contributed by atoms with van der Waals surface area (Å²) in [5, 5.41) is 0.0145. The SMILES string of the molecule is O=C(O[C@H]1CCOC1=O)c1cccnc1S[C@@H]1CCOC1=O. The summed E-state index contributed by atoms with van der Waals surface area (Å²) in [5.41, 5.74) is 0.229. The van der Waals surface area contributed by atoms with Gasteiger partial charge in [-0.05, 0) is 12.1 Å². The van der Waals surface area contributed by atoms with Gasteiger partial charge >= 0.3 is 17.9 Å². The van der Waals surface area contributed by atoms with E-state index in [0.717, 1.165) is 0 Å². The smallest absolute Gasteiger partial charge is 0.347 e. The standard InChI is InChI=1S/C14H13NO6S/c16-12(21-9-3-6-19-13(9)17)8-2-1-5-15-11(8)22-10-4-7-20-14(10)18/h1-2,5,9-10H,3-4,6-7H2/t9-,10+/m0/s1. The summed E-state index contributed by atoms with van der Waals surface area (Å²) in [4.78, 5) is 39.3. The molecule has 116 valence electrons. The van der Waals surface area contributed by atoms with Gasteiger partial charge in [0, 0.05) is 19.0 Å². The zero-order chi connectivity index (χ0) is 15.5. The second-order valence-corrected chi connectivity index (χ2v) is 5.96. The van der Waals surface area contributed by atoms with Crippen LogP contribution in [0.2, 0.25) is 0 Å². The summed E-state index contributed by atoms with van der Waals surface area (Å²) in [7, 11) is 0. The molecule has 22 heavy (non-hydrogen) atoms. The molecule has 0 aromatic carbocycles. The monoisotopic (exact) mass is 323 g/mol. The predicted octanol–water partition coefficient (Wildman–Crippen LogP) is 0.962. The maximum absolute atomic E-state index is 12.2. The molecule has 0 unspecified atom stereocenters. The van der Waals surface area contributed by atoms with Crippen molar-refractivity contribution in [3.05, 3.63) is 23.9 Å². The van der Waals surface area contributed by atoms with Crippen LogP contribution in [0.5, 0.6) is 0 Å². The number of ether oxygens (including phenoxy) is 3. The predicted molar refractivity (Wildman–Crippen MR) is 74.2 cm³/mol. The summed E-state index contributed by atoms with van der Waals surface area (Å²) in [6.07, 6.45) is 1.58. The summed E-state index contributed by atoms with van der Waals surface area (Å²) < 4.78 is 14.8. The summed E-state index contributed by atoms with van der Waals surface area (Å²) in [6.45, 7) is 0.621. The van der Waals surface area contributed by atoms with E-state index < -0.39 is 18.0 Å². The minimum absolute atomic E-state index is 0.229. The van der Waals surface area contributed by atoms with Crippen molar-refractivity contribution in [2.45, 2.75) is 29.2 Å². The topological polar surface area (TPSA) is 91.8 Å². The molecule has 0 aliphatic carbocycles. The van der Waals surface area contributed by atoms with Crippen molar-refractivity contribution in [1.82, 2.24) is 4.98 Å². The zero-order valence-electron chi connectivity index (χ0n) is 11.5. The molecule has 0 spiro atoms. The average molecular weight is 323 g/mol. The highest BCUT2D eigenvalue weighted by molar-refractivity contribution is 8.00. The normalized spacial score (nSPS) is 24.0. The molecule has 8 heteroatoms. The van der Waals surface area contributed by atoms with E-state index in [-0.39, 0.29) is 23.4 Å². The lowest BCUT2D eigenvalue weighted by Gasteiger charge is -2.11. The van der Waals surface area contributed by atoms with E-state index >= 15 is 0 Å². The second-order valence-electron chi connectivity index (χ2n) is 4.77. The van der Waals surface area contributed by atoms with Crippen LogP contribution < -0.4 is 0 Å². The second kappa shape index (κ2) is 6.35. The maximum atomic E-state index is 12.2. The Bertz CT molecular complexity index is 619. The van der Waals surface area contributed by atoms with Gasteiger partial charge in [-0.2, -0.15) is 0 Å². The third kappa shape index (κ3) is 3.06. The van der Waals surface area contributed by atoms with Crippen molar-refractivity contribution in [2.24, 2.45) is 0 Å². The molecule has 0 saturated carbocycles. The van der Waals surface area contributed by atoms with Gasteiger partial charge in [0.15, 0.2) is 0 Å². The lowest BCUT2D eigenvalue weighted by Crippen LogP contribution is -2.23. The van der Waals surface area contributed by atoms with E-state index in [1.807, 2.05) is 0 Å². The highest BCUT2D eigenvalue weighted by atomic mass is 32.2. The molecule has 3 rings (SSSR count). The van der Waals surface area contributed by atoms with E-state index in [4.69, 9.17) is 14.2 Å². The van der Waals surface area contributed by atoms with Crippen molar-refractivity contribution in [3.8, 4) is 0 Å². The highest BCUT2D eigenvalue weighted by Crippen LogP contribution is 2.31. The summed E-state index contributed by atoms with van der Waals surface area (Å²) in [6, 6.07) is 3.15. The van der Waals surface area contributed by atoms with Crippen molar-refractivity contribution in [2.75, 3.05) is 13.2 Å². The van der Waals surface area contributed by atoms with Crippen LogP contribution >= 0.6 is 11.8 Å². The Morgan fingerprint density at radius 2 is 2.00 bits per heavy atom. The van der Waals surface area contributed by atoms with Crippen LogP contribution in [-0.2, 0) is 23.8 Å². The number of hydrogen-bond donors (Lipinski definition) is 0. The first-order valence-corrected chi connectivity index (χ1v) is 7.69. The molecule has 0 radical (unpaired) electrons. The van der Waals surface area contributed by atoms with Gasteiger partial charge in [-0.3, -0.25) is 4.79 Å². The summed E-state index contributed by atoms with van der Waals surface area (Å²) >= 11 is 1.17. The number of nitrogens with zero attached hydrogens (tertiary/aromatic N) is 1. The van der Waals surface area contributed by atoms with Crippen LogP contribution in [0.15, 0.2) is 23.4 Å². The van der Waals surface area contributed by atoms with Gasteiger partial charge in [0.05, 0.1) is 18.8 Å². The van der Waals surface area contributed by atoms with E-state index in [1.165, 1.54) is 18.0 Å². The number of rotatable bonds is 4. The van der Waals surface area contributed by atoms with Gasteiger partial charge in [-0.1, -0.05) is 11.8 Å². The molecule has 3 heterocycles. The number of cyclic esters (lactones) is 2. The molecular formula is C14H13NO6S. The molecule has 1 aromatic rings. The maximum Gasteiger partial charge on any atom is 0.347 e. The van der Waals surface area contributed by atoms with Gasteiger partial charge in [0.25, 0.3) is 0 Å². The molecule has 7 nitrogen and oxygen atoms in total. The van der Waals surface area contributed by atoms with Crippen LogP contribution in [0, 0.1) is 0 Å². The number of carbonyl (C=O) groups is 3. The van der Waals surface area contributed by atoms with Gasteiger partial charge in [-0.15, -0.1) is 0 Å². The minimum Gasteiger partial charge on any atom is -0.465 e. The van der Waals surface area contributed by atoms with E-state index in [9.17, 15) is 14.4 Å². The van der Waals surface area contributed by atoms with E-state index in [0.29, 0.717) is 24.5 Å². The van der Waals surface area contributed by atoms with Crippen molar-refractivity contribution in [1.29, 1.82) is 0 Å². The number of thioether (sulfide) groups is 1. The molecule has 0 N–H and O–H groups in total. The molecule has 2 aliphatic rings. The average Bonchev–Trinajstić information content (AvgIpc) is 3.09. The van der Waals surface area contributed by atoms with Crippen molar-refractivity contribution >= 4 is 29.7 Å². The van der Waals surface area contributed by atoms with Crippen LogP contribution in [0.3, 0.4) is 0 Å². The van der Waals surface area contributed by atoms with E-state index in [2.05, 4.69) is 4.98 Å². The summed E-state index contributed by atoms with van der Waals surface area (Å²) in [5.74, 6) is -1.49. The molecular weight excluding hydrogens is 310 g/mol. The van der Waals surface area contributed by atoms with Gasteiger partial charge in [0.2, 0.25) is 6.10 Å². The number of pyridine rings is 1. The quantitative estimate of drug-likeness (QED) is 0.598. The van der Waals surface area contributed by atoms with Crippen LogP contribution in [0.25, 0.3) is 0 Å². The van der Waals surface area contributed by atoms with Crippen LogP contribution in [0.4, 0.5) is 0 Å². The number of esters is 3. The number of aromatic nitrogens is 1. The third-order valence-corrected chi connectivity index (χ3v) is 4.53. The molecule has 1 aromatic heterocycles. The number of carbonyl (C=O) groups excluding carboxylic acids is 3. The zero-order valence-corrected chi connectivity index (χ0v) is 12.3. The van der Waals surface area contributed by atoms with E-state index in [1.54, 1.807) is 12.1 Å². The Kier molecular flexibility index (Phi) is 4.28. The fourth-order valence-corrected chi connectivity index (χ4v) is 3.18. The number of hydrogen-bond acceptors (Lipinski definition) is 8. The van der Waals surface area contributed by atoms with Crippen molar-refractivity contribution < 1.29 is 28.6 Å². The Morgan fingerprint density at radius 1 is 1.23 bits per heavy atom. The minimum atomic E-state index is -0.873. The third-order valence-electron chi connectivity index (χ3n) is 3.27. The largest absolute Gasteiger partial charge is 0.465 e. The van der Waals surface area contributed by atoms with Gasteiger partial charge in [0.1, 0.15) is 10.3 Å². The Labute approximate surface area is 130 Å². The first-order valence-electron chi connectivity index (χ1n) is 6.81. The fraction of sp³-hybridized carbons (Fsp3) is 0.429. The fourth-order valence-electron chi connectivity index (χ4n) is 2.14. The Hall–Kier alpha value is -2.09. The molecule has 0 bridgehead atoms. The van der Waals surface area contributed by atoms with Crippen LogP contribution in [0.1, 0.15) is 23.2 Å². The van der Waals surface area contributed by atoms with Crippen molar-refractivity contribution in [3.63, 3.8) is 0 Å². The molecule has 2 saturated heterocycles. The molecule has 2 fully saturated rings. The van der Waals surface area contributed by atoms with Gasteiger partial charge in [-0.25, -0.2) is 14.6 Å². The van der Waals surface area contributed by atoms with Gasteiger partial charge < -0.3 is 14.2 Å². The van der Waals surface area contributed by atoms with Crippen LogP contribution in [-0.4, -0.2) is 47.5 Å². The lowest BCUT2D eigenvalue weighted by molar-refractivity contribution is -0.145. The Morgan fingerprint density at radius 3 is 2.68 bits per heavy atom. The lowest BCUT2D eigenvalue weighted by atomic mass is 10.2. The highest BCUT2D eigenvalue weighted by Gasteiger charge is 2.33. The Balaban J connectivity index is 1.74. The molecule has 2 atom stereocenters. The first-order chi connectivity index (χ1) is 10.6. The first kappa shape index (κ1) is 14.8. The molecule has 2 aliphatic heterocycles.